The van der Waals surface area contributed by atoms with Gasteiger partial charge in [-0.25, -0.2) is 4.98 Å². The van der Waals surface area contributed by atoms with Crippen molar-refractivity contribution >= 4 is 16.9 Å². The van der Waals surface area contributed by atoms with Crippen LogP contribution in [0, 0.1) is 0 Å². The summed E-state index contributed by atoms with van der Waals surface area (Å²) >= 11 is 0. The number of aromatic nitrogens is 6. The van der Waals surface area contributed by atoms with Crippen LogP contribution >= 0.6 is 0 Å². The van der Waals surface area contributed by atoms with Gasteiger partial charge in [0.15, 0.2) is 17.0 Å². The molecule has 1 aliphatic rings. The van der Waals surface area contributed by atoms with Crippen LogP contribution in [0.5, 0.6) is 0 Å². The Morgan fingerprint density at radius 1 is 1.16 bits per heavy atom. The third-order valence-corrected chi connectivity index (χ3v) is 5.28. The number of H-pyrrole nitrogens is 1. The molecule has 0 radical (unpaired) electrons. The second-order valence-corrected chi connectivity index (χ2v) is 7.06. The molecule has 0 amide bonds. The number of unbranched alkanes of at least 4 members (excludes halogenated alkanes) is 2. The molecule has 7 nitrogen and oxygen atoms in total. The van der Waals surface area contributed by atoms with Crippen molar-refractivity contribution in [3.05, 3.63) is 22.0 Å². The first-order valence-corrected chi connectivity index (χ1v) is 9.61. The molecule has 0 atom stereocenters. The van der Waals surface area contributed by atoms with E-state index in [1.165, 1.54) is 12.8 Å². The van der Waals surface area contributed by atoms with Gasteiger partial charge in [0.1, 0.15) is 5.82 Å². The molecule has 134 valence electrons. The van der Waals surface area contributed by atoms with Gasteiger partial charge in [-0.05, 0) is 19.3 Å². The number of nitrogens with zero attached hydrogens (tertiary/aromatic N) is 5. The van der Waals surface area contributed by atoms with Crippen LogP contribution in [0.4, 0.5) is 0 Å². The van der Waals surface area contributed by atoms with E-state index in [-0.39, 0.29) is 5.56 Å². The largest absolute Gasteiger partial charge is 0.336 e. The van der Waals surface area contributed by atoms with Crippen LogP contribution in [0.25, 0.3) is 16.9 Å². The first-order chi connectivity index (χ1) is 12.2. The Kier molecular flexibility index (Phi) is 4.31. The summed E-state index contributed by atoms with van der Waals surface area (Å²) in [6.45, 7) is 4.87. The molecule has 3 aromatic rings. The zero-order chi connectivity index (χ0) is 17.4. The van der Waals surface area contributed by atoms with Crippen molar-refractivity contribution in [1.82, 2.24) is 29.1 Å². The summed E-state index contributed by atoms with van der Waals surface area (Å²) < 4.78 is 3.56. The first-order valence-electron chi connectivity index (χ1n) is 9.61. The number of imidazole rings is 1. The molecular weight excluding hydrogens is 316 g/mol. The fraction of sp³-hybridized carbons (Fsp3) is 0.667. The van der Waals surface area contributed by atoms with E-state index in [2.05, 4.69) is 16.9 Å². The van der Waals surface area contributed by atoms with E-state index >= 15 is 0 Å². The molecular formula is C18H26N6O. The van der Waals surface area contributed by atoms with Crippen LogP contribution in [-0.4, -0.2) is 29.1 Å². The highest BCUT2D eigenvalue weighted by molar-refractivity contribution is 5.72. The maximum absolute atomic E-state index is 13.0. The average Bonchev–Trinajstić information content (AvgIpc) is 3.35. The highest BCUT2D eigenvalue weighted by Crippen LogP contribution is 2.32. The van der Waals surface area contributed by atoms with Gasteiger partial charge in [0.2, 0.25) is 5.78 Å². The van der Waals surface area contributed by atoms with Crippen molar-refractivity contribution in [3.8, 4) is 0 Å². The minimum absolute atomic E-state index is 0.0313. The Labute approximate surface area is 146 Å². The topological polar surface area (TPSA) is 80.9 Å². The van der Waals surface area contributed by atoms with E-state index in [1.807, 2.05) is 6.92 Å². The highest BCUT2D eigenvalue weighted by Gasteiger charge is 2.24. The summed E-state index contributed by atoms with van der Waals surface area (Å²) in [6, 6.07) is 0. The van der Waals surface area contributed by atoms with E-state index in [9.17, 15) is 4.79 Å². The fourth-order valence-corrected chi connectivity index (χ4v) is 3.82. The molecule has 0 bridgehead atoms. The van der Waals surface area contributed by atoms with Gasteiger partial charge in [-0.3, -0.25) is 9.36 Å². The molecule has 3 aromatic heterocycles. The molecule has 7 heteroatoms. The zero-order valence-corrected chi connectivity index (χ0v) is 15.1. The second kappa shape index (κ2) is 6.61. The number of hydrogen-bond acceptors (Lipinski definition) is 4. The lowest BCUT2D eigenvalue weighted by Crippen LogP contribution is -2.23. The summed E-state index contributed by atoms with van der Waals surface area (Å²) in [7, 11) is 0. The minimum atomic E-state index is -0.0313. The molecule has 0 aromatic carbocycles. The highest BCUT2D eigenvalue weighted by atomic mass is 16.1. The lowest BCUT2D eigenvalue weighted by molar-refractivity contribution is 0.592. The van der Waals surface area contributed by atoms with Crippen molar-refractivity contribution in [1.29, 1.82) is 0 Å². The minimum Gasteiger partial charge on any atom is -0.336 e. The summed E-state index contributed by atoms with van der Waals surface area (Å²) in [6.07, 6.45) is 8.71. The number of hydrogen-bond donors (Lipinski definition) is 1. The SMILES string of the molecule is CCCCCn1c(=O)c2[nH]c(CC)nc2n2nc(C3CCCC3)nc12. The number of aryl methyl sites for hydroxylation is 2. The second-order valence-electron chi connectivity index (χ2n) is 7.06. The molecule has 25 heavy (non-hydrogen) atoms. The van der Waals surface area contributed by atoms with Gasteiger partial charge in [0, 0.05) is 18.9 Å². The standard InChI is InChI=1S/C18H26N6O/c1-3-5-8-11-23-17(25)14-16(20-13(4-2)19-14)24-18(23)21-15(22-24)12-9-6-7-10-12/h12H,3-11H2,1-2H3,(H,19,20). The van der Waals surface area contributed by atoms with E-state index in [0.717, 1.165) is 50.2 Å². The van der Waals surface area contributed by atoms with Crippen molar-refractivity contribution in [2.24, 2.45) is 0 Å². The van der Waals surface area contributed by atoms with Crippen molar-refractivity contribution < 1.29 is 0 Å². The van der Waals surface area contributed by atoms with Crippen molar-refractivity contribution in [2.45, 2.75) is 77.7 Å². The van der Waals surface area contributed by atoms with Crippen LogP contribution in [0.1, 0.15) is 76.4 Å². The van der Waals surface area contributed by atoms with Gasteiger partial charge in [-0.2, -0.15) is 9.50 Å². The number of aromatic amines is 1. The summed E-state index contributed by atoms with van der Waals surface area (Å²) in [4.78, 5) is 25.6. The lowest BCUT2D eigenvalue weighted by Gasteiger charge is -2.06. The quantitative estimate of drug-likeness (QED) is 0.698. The molecule has 3 heterocycles. The molecule has 1 saturated carbocycles. The van der Waals surface area contributed by atoms with Gasteiger partial charge in [-0.1, -0.05) is 39.5 Å². The molecule has 0 aliphatic heterocycles. The van der Waals surface area contributed by atoms with Crippen LogP contribution in [0.3, 0.4) is 0 Å². The van der Waals surface area contributed by atoms with E-state index in [1.54, 1.807) is 9.08 Å². The normalized spacial score (nSPS) is 15.8. The Balaban J connectivity index is 1.91. The van der Waals surface area contributed by atoms with Gasteiger partial charge in [0.05, 0.1) is 0 Å². The molecule has 0 saturated heterocycles. The number of nitrogens with one attached hydrogen (secondary N) is 1. The van der Waals surface area contributed by atoms with Crippen LogP contribution in [-0.2, 0) is 13.0 Å². The van der Waals surface area contributed by atoms with Crippen molar-refractivity contribution in [3.63, 3.8) is 0 Å². The zero-order valence-electron chi connectivity index (χ0n) is 15.1. The Bertz CT molecular complexity index is 944. The van der Waals surface area contributed by atoms with Crippen LogP contribution in [0.15, 0.2) is 4.79 Å². The maximum Gasteiger partial charge on any atom is 0.281 e. The first kappa shape index (κ1) is 16.3. The van der Waals surface area contributed by atoms with E-state index in [4.69, 9.17) is 10.1 Å². The van der Waals surface area contributed by atoms with Gasteiger partial charge in [0.25, 0.3) is 5.56 Å². The number of rotatable bonds is 6. The van der Waals surface area contributed by atoms with Gasteiger partial charge < -0.3 is 4.98 Å². The predicted molar refractivity (Wildman–Crippen MR) is 97.0 cm³/mol. The van der Waals surface area contributed by atoms with E-state index in [0.29, 0.717) is 29.4 Å². The monoisotopic (exact) mass is 342 g/mol. The number of fused-ring (bicyclic) bond motifs is 3. The summed E-state index contributed by atoms with van der Waals surface area (Å²) in [5.74, 6) is 2.75. The molecule has 4 rings (SSSR count). The third-order valence-electron chi connectivity index (χ3n) is 5.28. The van der Waals surface area contributed by atoms with Crippen LogP contribution < -0.4 is 5.56 Å². The van der Waals surface area contributed by atoms with E-state index < -0.39 is 0 Å². The average molecular weight is 342 g/mol. The Morgan fingerprint density at radius 2 is 1.96 bits per heavy atom. The van der Waals surface area contributed by atoms with Crippen LogP contribution in [0.2, 0.25) is 0 Å². The summed E-state index contributed by atoms with van der Waals surface area (Å²) in [5, 5.41) is 4.76. The smallest absolute Gasteiger partial charge is 0.281 e. The molecule has 1 aliphatic carbocycles. The molecule has 0 unspecified atom stereocenters. The maximum atomic E-state index is 13.0. The fourth-order valence-electron chi connectivity index (χ4n) is 3.82. The predicted octanol–water partition coefficient (Wildman–Crippen LogP) is 3.18. The Hall–Kier alpha value is -2.18. The molecule has 1 N–H and O–H groups in total. The van der Waals surface area contributed by atoms with Gasteiger partial charge >= 0.3 is 0 Å². The van der Waals surface area contributed by atoms with Crippen molar-refractivity contribution in [2.75, 3.05) is 0 Å². The third kappa shape index (κ3) is 2.75. The lowest BCUT2D eigenvalue weighted by atomic mass is 10.1. The Morgan fingerprint density at radius 3 is 2.68 bits per heavy atom. The molecule has 0 spiro atoms. The summed E-state index contributed by atoms with van der Waals surface area (Å²) in [5.41, 5.74) is 1.13. The molecule has 1 fully saturated rings. The van der Waals surface area contributed by atoms with Gasteiger partial charge in [-0.15, -0.1) is 5.10 Å².